The lowest BCUT2D eigenvalue weighted by molar-refractivity contribution is 0.394. The van der Waals surface area contributed by atoms with Crippen LogP contribution in [0.15, 0.2) is 12.1 Å². The Morgan fingerprint density at radius 2 is 1.93 bits per heavy atom. The molecule has 1 unspecified atom stereocenters. The summed E-state index contributed by atoms with van der Waals surface area (Å²) in [5.74, 6) is -3.18. The van der Waals surface area contributed by atoms with Gasteiger partial charge in [-0.3, -0.25) is 0 Å². The van der Waals surface area contributed by atoms with Crippen LogP contribution in [0.25, 0.3) is 0 Å². The Bertz CT molecular complexity index is 364. The van der Waals surface area contributed by atoms with Gasteiger partial charge in [0, 0.05) is 6.04 Å². The van der Waals surface area contributed by atoms with Crippen molar-refractivity contribution in [1.29, 1.82) is 5.26 Å². The molecule has 5 heteroatoms. The summed E-state index contributed by atoms with van der Waals surface area (Å²) in [7, 11) is 0. The maximum Gasteiger partial charge on any atom is 0.187 e. The van der Waals surface area contributed by atoms with Crippen molar-refractivity contribution >= 4 is 0 Å². The van der Waals surface area contributed by atoms with E-state index in [1.54, 1.807) is 6.07 Å². The Morgan fingerprint density at radius 1 is 1.43 bits per heavy atom. The first kappa shape index (κ1) is 10.4. The standard InChI is InChI=1S/C9H8F2N2O/c10-6-3-5(8(13)1-2-12)4-7(11)9(6)14/h3-4,8,14H,1,13H2. The molecule has 0 aliphatic carbocycles. The van der Waals surface area contributed by atoms with Gasteiger partial charge in [-0.2, -0.15) is 5.26 Å². The summed E-state index contributed by atoms with van der Waals surface area (Å²) >= 11 is 0. The molecule has 1 atom stereocenters. The molecule has 0 aliphatic heterocycles. The number of benzene rings is 1. The number of aromatic hydroxyl groups is 1. The van der Waals surface area contributed by atoms with Gasteiger partial charge in [0.25, 0.3) is 0 Å². The van der Waals surface area contributed by atoms with Crippen LogP contribution in [0.3, 0.4) is 0 Å². The molecule has 0 fully saturated rings. The van der Waals surface area contributed by atoms with Gasteiger partial charge in [-0.15, -0.1) is 0 Å². The fourth-order valence-corrected chi connectivity index (χ4v) is 1.02. The monoisotopic (exact) mass is 198 g/mol. The molecule has 1 aromatic rings. The van der Waals surface area contributed by atoms with Crippen molar-refractivity contribution in [1.82, 2.24) is 0 Å². The molecule has 0 aliphatic rings. The van der Waals surface area contributed by atoms with E-state index in [-0.39, 0.29) is 12.0 Å². The minimum absolute atomic E-state index is 0.0380. The number of phenolic OH excluding ortho intramolecular Hbond substituents is 1. The van der Waals surface area contributed by atoms with Crippen LogP contribution in [0.4, 0.5) is 8.78 Å². The molecule has 0 heterocycles. The van der Waals surface area contributed by atoms with Gasteiger partial charge in [0.1, 0.15) is 0 Å². The summed E-state index contributed by atoms with van der Waals surface area (Å²) in [6, 6.07) is 2.88. The van der Waals surface area contributed by atoms with Crippen molar-refractivity contribution in [2.45, 2.75) is 12.5 Å². The van der Waals surface area contributed by atoms with Gasteiger partial charge < -0.3 is 10.8 Å². The number of hydrogen-bond donors (Lipinski definition) is 2. The van der Waals surface area contributed by atoms with Crippen molar-refractivity contribution in [3.63, 3.8) is 0 Å². The molecule has 3 nitrogen and oxygen atoms in total. The average Bonchev–Trinajstić information content (AvgIpc) is 2.13. The maximum atomic E-state index is 12.8. The van der Waals surface area contributed by atoms with Crippen molar-refractivity contribution < 1.29 is 13.9 Å². The third kappa shape index (κ3) is 1.98. The Hall–Kier alpha value is -1.67. The third-order valence-electron chi connectivity index (χ3n) is 1.78. The molecular formula is C9H8F2N2O. The second-order valence-corrected chi connectivity index (χ2v) is 2.80. The minimum atomic E-state index is -1.08. The molecule has 0 aromatic heterocycles. The molecule has 0 amide bonds. The summed E-state index contributed by atoms with van der Waals surface area (Å²) in [6.45, 7) is 0. The number of nitrogens with zero attached hydrogens (tertiary/aromatic N) is 1. The van der Waals surface area contributed by atoms with Gasteiger partial charge >= 0.3 is 0 Å². The van der Waals surface area contributed by atoms with Gasteiger partial charge in [0.05, 0.1) is 12.5 Å². The van der Waals surface area contributed by atoms with Gasteiger partial charge in [-0.1, -0.05) is 0 Å². The second-order valence-electron chi connectivity index (χ2n) is 2.80. The van der Waals surface area contributed by atoms with Crippen LogP contribution < -0.4 is 5.73 Å². The zero-order chi connectivity index (χ0) is 10.7. The molecule has 0 spiro atoms. The van der Waals surface area contributed by atoms with Crippen molar-refractivity contribution in [2.24, 2.45) is 5.73 Å². The van der Waals surface area contributed by atoms with Crippen LogP contribution >= 0.6 is 0 Å². The molecule has 14 heavy (non-hydrogen) atoms. The zero-order valence-corrected chi connectivity index (χ0v) is 7.17. The van der Waals surface area contributed by atoms with Gasteiger partial charge in [-0.05, 0) is 17.7 Å². The first-order valence-electron chi connectivity index (χ1n) is 3.86. The van der Waals surface area contributed by atoms with Crippen LogP contribution in [0, 0.1) is 23.0 Å². The van der Waals surface area contributed by atoms with E-state index in [2.05, 4.69) is 0 Å². The van der Waals surface area contributed by atoms with E-state index in [1.165, 1.54) is 0 Å². The molecule has 1 aromatic carbocycles. The number of rotatable bonds is 2. The molecule has 74 valence electrons. The highest BCUT2D eigenvalue weighted by Crippen LogP contribution is 2.24. The van der Waals surface area contributed by atoms with Crippen molar-refractivity contribution in [3.05, 3.63) is 29.3 Å². The fraction of sp³-hybridized carbons (Fsp3) is 0.222. The third-order valence-corrected chi connectivity index (χ3v) is 1.78. The van der Waals surface area contributed by atoms with Crippen LogP contribution in [0.2, 0.25) is 0 Å². The number of nitriles is 1. The first-order chi connectivity index (χ1) is 6.56. The first-order valence-corrected chi connectivity index (χ1v) is 3.86. The number of halogens is 2. The summed E-state index contributed by atoms with van der Waals surface area (Å²) < 4.78 is 25.6. The van der Waals surface area contributed by atoms with E-state index >= 15 is 0 Å². The Kier molecular flexibility index (Phi) is 2.99. The SMILES string of the molecule is N#CCC(N)c1cc(F)c(O)c(F)c1. The Balaban J connectivity index is 3.07. The van der Waals surface area contributed by atoms with Crippen LogP contribution in [-0.4, -0.2) is 5.11 Å². The van der Waals surface area contributed by atoms with E-state index in [4.69, 9.17) is 16.1 Å². The summed E-state index contributed by atoms with van der Waals surface area (Å²) in [6.07, 6.45) is -0.0380. The number of phenols is 1. The number of hydrogen-bond acceptors (Lipinski definition) is 3. The molecule has 0 bridgehead atoms. The zero-order valence-electron chi connectivity index (χ0n) is 7.17. The highest BCUT2D eigenvalue weighted by molar-refractivity contribution is 5.31. The van der Waals surface area contributed by atoms with Gasteiger partial charge in [-0.25, -0.2) is 8.78 Å². The second kappa shape index (κ2) is 4.03. The summed E-state index contributed by atoms with van der Waals surface area (Å²) in [5, 5.41) is 17.1. The van der Waals surface area contributed by atoms with E-state index < -0.39 is 23.4 Å². The molecular weight excluding hydrogens is 190 g/mol. The van der Waals surface area contributed by atoms with Crippen molar-refractivity contribution in [2.75, 3.05) is 0 Å². The predicted octanol–water partition coefficient (Wildman–Crippen LogP) is 1.58. The summed E-state index contributed by atoms with van der Waals surface area (Å²) in [5.41, 5.74) is 5.61. The number of nitrogens with two attached hydrogens (primary N) is 1. The van der Waals surface area contributed by atoms with E-state index in [0.717, 1.165) is 12.1 Å². The Labute approximate surface area is 79.4 Å². The van der Waals surface area contributed by atoms with Crippen LogP contribution in [-0.2, 0) is 0 Å². The average molecular weight is 198 g/mol. The van der Waals surface area contributed by atoms with E-state index in [0.29, 0.717) is 0 Å². The smallest absolute Gasteiger partial charge is 0.187 e. The molecule has 1 rings (SSSR count). The lowest BCUT2D eigenvalue weighted by atomic mass is 10.0. The highest BCUT2D eigenvalue weighted by Gasteiger charge is 2.13. The van der Waals surface area contributed by atoms with Gasteiger partial charge in [0.2, 0.25) is 0 Å². The molecule has 0 saturated heterocycles. The predicted molar refractivity (Wildman–Crippen MR) is 45.2 cm³/mol. The largest absolute Gasteiger partial charge is 0.503 e. The van der Waals surface area contributed by atoms with Crippen molar-refractivity contribution in [3.8, 4) is 11.8 Å². The van der Waals surface area contributed by atoms with E-state index in [1.807, 2.05) is 0 Å². The molecule has 0 radical (unpaired) electrons. The molecule has 0 saturated carbocycles. The van der Waals surface area contributed by atoms with Gasteiger partial charge in [0.15, 0.2) is 17.4 Å². The van der Waals surface area contributed by atoms with E-state index in [9.17, 15) is 8.78 Å². The summed E-state index contributed by atoms with van der Waals surface area (Å²) in [4.78, 5) is 0. The fourth-order valence-electron chi connectivity index (χ4n) is 1.02. The van der Waals surface area contributed by atoms with Crippen LogP contribution in [0.1, 0.15) is 18.0 Å². The highest BCUT2D eigenvalue weighted by atomic mass is 19.1. The van der Waals surface area contributed by atoms with Crippen LogP contribution in [0.5, 0.6) is 5.75 Å². The lowest BCUT2D eigenvalue weighted by Gasteiger charge is -2.08. The molecule has 3 N–H and O–H groups in total. The lowest BCUT2D eigenvalue weighted by Crippen LogP contribution is -2.10. The topological polar surface area (TPSA) is 70.0 Å². The maximum absolute atomic E-state index is 12.8. The Morgan fingerprint density at radius 3 is 2.36 bits per heavy atom. The normalized spacial score (nSPS) is 12.1. The minimum Gasteiger partial charge on any atom is -0.503 e. The quantitative estimate of drug-likeness (QED) is 0.757.